The van der Waals surface area contributed by atoms with Gasteiger partial charge in [-0.05, 0) is 31.4 Å². The van der Waals surface area contributed by atoms with Gasteiger partial charge in [-0.15, -0.1) is 0 Å². The molecular formula is C26H30N2O7S. The number of hydrogen-bond acceptors (Lipinski definition) is 7. The molecule has 0 aliphatic carbocycles. The highest BCUT2D eigenvalue weighted by Gasteiger charge is 2.74. The number of amides is 2. The zero-order chi connectivity index (χ0) is 26.3. The van der Waals surface area contributed by atoms with Gasteiger partial charge in [0.15, 0.2) is 9.84 Å². The summed E-state index contributed by atoms with van der Waals surface area (Å²) in [4.78, 5) is 41.2. The molecule has 2 heterocycles. The molecule has 2 amide bonds. The maximum absolute atomic E-state index is 13.4. The number of carbonyl (C=O) groups is 3. The number of sulfone groups is 1. The molecule has 2 aromatic rings. The maximum atomic E-state index is 13.4. The molecule has 4 atom stereocenters. The lowest BCUT2D eigenvalue weighted by Gasteiger charge is -2.44. The Morgan fingerprint density at radius 1 is 1.06 bits per heavy atom. The van der Waals surface area contributed by atoms with Crippen molar-refractivity contribution in [3.05, 3.63) is 71.8 Å². The number of aliphatic hydroxyl groups is 1. The van der Waals surface area contributed by atoms with Crippen LogP contribution in [0.25, 0.3) is 0 Å². The lowest BCUT2D eigenvalue weighted by Crippen LogP contribution is -2.68. The summed E-state index contributed by atoms with van der Waals surface area (Å²) in [6.07, 6.45) is -1.31. The van der Waals surface area contributed by atoms with E-state index in [9.17, 15) is 27.9 Å². The van der Waals surface area contributed by atoms with Crippen LogP contribution in [0, 0.1) is 5.92 Å². The number of aliphatic hydroxyl groups excluding tert-OH is 1. The van der Waals surface area contributed by atoms with Gasteiger partial charge in [-0.3, -0.25) is 9.59 Å². The van der Waals surface area contributed by atoms with E-state index in [4.69, 9.17) is 4.74 Å². The van der Waals surface area contributed by atoms with Crippen LogP contribution < -0.4 is 0 Å². The topological polar surface area (TPSA) is 121 Å². The molecule has 2 aliphatic rings. The zero-order valence-electron chi connectivity index (χ0n) is 20.4. The lowest BCUT2D eigenvalue weighted by molar-refractivity contribution is -0.175. The van der Waals surface area contributed by atoms with Crippen molar-refractivity contribution in [2.24, 2.45) is 5.92 Å². The van der Waals surface area contributed by atoms with Gasteiger partial charge in [-0.2, -0.15) is 0 Å². The molecule has 192 valence electrons. The third-order valence-electron chi connectivity index (χ3n) is 7.10. The first-order valence-electron chi connectivity index (χ1n) is 11.7. The molecule has 9 nitrogen and oxygen atoms in total. The highest BCUT2D eigenvalue weighted by atomic mass is 32.2. The van der Waals surface area contributed by atoms with E-state index in [-0.39, 0.29) is 13.2 Å². The third kappa shape index (κ3) is 4.28. The first-order chi connectivity index (χ1) is 17.0. The second-order valence-electron chi connectivity index (χ2n) is 9.75. The first kappa shape index (κ1) is 25.8. The third-order valence-corrected chi connectivity index (χ3v) is 9.95. The largest absolute Gasteiger partial charge is 0.459 e. The van der Waals surface area contributed by atoms with Gasteiger partial charge in [-0.25, -0.2) is 13.2 Å². The van der Waals surface area contributed by atoms with Crippen LogP contribution >= 0.6 is 0 Å². The van der Waals surface area contributed by atoms with Crippen molar-refractivity contribution >= 4 is 27.6 Å². The summed E-state index contributed by atoms with van der Waals surface area (Å²) in [6, 6.07) is 17.0. The Hall–Kier alpha value is -3.24. The van der Waals surface area contributed by atoms with Crippen molar-refractivity contribution < 1.29 is 32.6 Å². The lowest BCUT2D eigenvalue weighted by atomic mass is 9.87. The molecule has 4 rings (SSSR count). The van der Waals surface area contributed by atoms with Gasteiger partial charge in [0.1, 0.15) is 30.0 Å². The predicted molar refractivity (Wildman–Crippen MR) is 131 cm³/mol. The normalized spacial score (nSPS) is 24.4. The van der Waals surface area contributed by atoms with Crippen LogP contribution in [0.3, 0.4) is 0 Å². The number of β-lactam (4-membered cyclic amide) rings is 1. The van der Waals surface area contributed by atoms with Gasteiger partial charge in [-0.1, -0.05) is 60.7 Å². The van der Waals surface area contributed by atoms with Crippen molar-refractivity contribution in [2.45, 2.75) is 49.1 Å². The highest BCUT2D eigenvalue weighted by Crippen LogP contribution is 2.50. The Labute approximate surface area is 210 Å². The van der Waals surface area contributed by atoms with Crippen LogP contribution in [0.5, 0.6) is 0 Å². The number of fused-ring (bicyclic) bond motifs is 1. The Morgan fingerprint density at radius 2 is 1.61 bits per heavy atom. The predicted octanol–water partition coefficient (Wildman–Crippen LogP) is 1.15. The molecular weight excluding hydrogens is 484 g/mol. The summed E-state index contributed by atoms with van der Waals surface area (Å²) in [7, 11) is -2.62. The molecule has 0 bridgehead atoms. The quantitative estimate of drug-likeness (QED) is 0.414. The Bertz CT molecular complexity index is 1250. The molecule has 10 heteroatoms. The van der Waals surface area contributed by atoms with E-state index in [1.807, 2.05) is 36.4 Å². The fourth-order valence-electron chi connectivity index (χ4n) is 4.86. The van der Waals surface area contributed by atoms with E-state index in [1.165, 1.54) is 25.8 Å². The molecule has 0 radical (unpaired) electrons. The minimum atomic E-state index is -4.11. The average Bonchev–Trinajstić information content (AvgIpc) is 3.01. The standard InChI is InChI=1S/C26H30N2O7S/c1-26(2)21(25(32)35-16-18-12-8-5-9-13-18)28-22(30)19(24(28)36(26,33)34)20(29)23(31)27(3)15-14-17-10-6-4-7-11-17/h4-13,19-21,24,29H,14-16H2,1-3H3/t19-,20+,21+,24-/m1/s1. The second-order valence-corrected chi connectivity index (χ2v) is 12.4. The van der Waals surface area contributed by atoms with Crippen LogP contribution in [0.2, 0.25) is 0 Å². The van der Waals surface area contributed by atoms with Crippen molar-refractivity contribution in [3.63, 3.8) is 0 Å². The molecule has 0 spiro atoms. The fraction of sp³-hybridized carbons (Fsp3) is 0.423. The minimum Gasteiger partial charge on any atom is -0.459 e. The summed E-state index contributed by atoms with van der Waals surface area (Å²) >= 11 is 0. The monoisotopic (exact) mass is 514 g/mol. The van der Waals surface area contributed by atoms with Gasteiger partial charge in [0.25, 0.3) is 5.91 Å². The van der Waals surface area contributed by atoms with E-state index in [0.29, 0.717) is 12.0 Å². The van der Waals surface area contributed by atoms with Crippen molar-refractivity contribution in [1.29, 1.82) is 0 Å². The molecule has 0 aromatic heterocycles. The number of nitrogens with zero attached hydrogens (tertiary/aromatic N) is 2. The molecule has 2 saturated heterocycles. The molecule has 2 aromatic carbocycles. The van der Waals surface area contributed by atoms with E-state index >= 15 is 0 Å². The van der Waals surface area contributed by atoms with Crippen LogP contribution in [0.15, 0.2) is 60.7 Å². The number of benzene rings is 2. The summed E-state index contributed by atoms with van der Waals surface area (Å²) in [5.74, 6) is -3.82. The Kier molecular flexibility index (Phi) is 6.94. The van der Waals surface area contributed by atoms with Crippen LogP contribution in [0.4, 0.5) is 0 Å². The second kappa shape index (κ2) is 9.67. The SMILES string of the molecule is CN(CCc1ccccc1)C(=O)[C@@H](O)[C@@H]1C(=O)N2[C@@H](C(=O)OCc3ccccc3)C(C)(C)S(=O)(=O)[C@H]12. The molecule has 0 unspecified atom stereocenters. The molecule has 2 fully saturated rings. The minimum absolute atomic E-state index is 0.0737. The van der Waals surface area contributed by atoms with E-state index in [2.05, 4.69) is 0 Å². The number of esters is 1. The Balaban J connectivity index is 1.48. The number of hydrogen-bond donors (Lipinski definition) is 1. The number of carbonyl (C=O) groups excluding carboxylic acids is 3. The molecule has 36 heavy (non-hydrogen) atoms. The first-order valence-corrected chi connectivity index (χ1v) is 13.3. The summed E-state index contributed by atoms with van der Waals surface area (Å²) in [5, 5.41) is 9.31. The fourth-order valence-corrected chi connectivity index (χ4v) is 7.18. The van der Waals surface area contributed by atoms with Gasteiger partial charge in [0, 0.05) is 13.6 Å². The number of likely N-dealkylation sites (N-methyl/N-ethyl adjacent to an activating group) is 1. The van der Waals surface area contributed by atoms with E-state index in [0.717, 1.165) is 10.5 Å². The van der Waals surface area contributed by atoms with Crippen LogP contribution in [0.1, 0.15) is 25.0 Å². The summed E-state index contributed by atoms with van der Waals surface area (Å²) in [6.45, 7) is 2.93. The smallest absolute Gasteiger partial charge is 0.330 e. The summed E-state index contributed by atoms with van der Waals surface area (Å²) < 4.78 is 30.5. The van der Waals surface area contributed by atoms with Gasteiger partial charge < -0.3 is 19.6 Å². The number of ether oxygens (including phenoxy) is 1. The molecule has 2 aliphatic heterocycles. The Morgan fingerprint density at radius 3 is 2.19 bits per heavy atom. The maximum Gasteiger partial charge on any atom is 0.330 e. The average molecular weight is 515 g/mol. The zero-order valence-corrected chi connectivity index (χ0v) is 21.2. The van der Waals surface area contributed by atoms with E-state index in [1.54, 1.807) is 24.3 Å². The highest BCUT2D eigenvalue weighted by molar-refractivity contribution is 7.93. The van der Waals surface area contributed by atoms with Crippen LogP contribution in [-0.2, 0) is 42.0 Å². The van der Waals surface area contributed by atoms with Crippen molar-refractivity contribution in [1.82, 2.24) is 9.80 Å². The van der Waals surface area contributed by atoms with Crippen molar-refractivity contribution in [3.8, 4) is 0 Å². The summed E-state index contributed by atoms with van der Waals surface area (Å²) in [5.41, 5.74) is 1.71. The van der Waals surface area contributed by atoms with Gasteiger partial charge >= 0.3 is 5.97 Å². The van der Waals surface area contributed by atoms with Crippen LogP contribution in [-0.4, -0.2) is 77.0 Å². The molecule has 1 N–H and O–H groups in total. The van der Waals surface area contributed by atoms with E-state index < -0.39 is 55.8 Å². The van der Waals surface area contributed by atoms with Gasteiger partial charge in [0.2, 0.25) is 5.91 Å². The van der Waals surface area contributed by atoms with Crippen molar-refractivity contribution in [2.75, 3.05) is 13.6 Å². The number of rotatable bonds is 8. The molecule has 0 saturated carbocycles. The van der Waals surface area contributed by atoms with Gasteiger partial charge in [0.05, 0.1) is 4.75 Å².